The largest absolute Gasteiger partial charge is 0.490 e. The normalized spacial score (nSPS) is 10.2. The number of aryl methyl sites for hydroxylation is 1. The van der Waals surface area contributed by atoms with E-state index in [1.165, 1.54) is 0 Å². The molecule has 1 aromatic heterocycles. The van der Waals surface area contributed by atoms with Crippen LogP contribution in [-0.2, 0) is 11.2 Å². The zero-order valence-corrected chi connectivity index (χ0v) is 12.8. The lowest BCUT2D eigenvalue weighted by Crippen LogP contribution is -2.21. The second-order valence-electron chi connectivity index (χ2n) is 4.74. The van der Waals surface area contributed by atoms with Gasteiger partial charge >= 0.3 is 12.1 Å². The summed E-state index contributed by atoms with van der Waals surface area (Å²) in [6.07, 6.45) is -2.29. The third-order valence-electron chi connectivity index (χ3n) is 2.91. The summed E-state index contributed by atoms with van der Waals surface area (Å²) in [5.41, 5.74) is 2.13. The number of carboxylic acids is 1. The number of carbonyl (C=O) groups is 2. The number of Topliss-reactive ketones (excluding diaryl/α,β-unsaturated/α-hetero) is 1. The minimum absolute atomic E-state index is 0.0742. The van der Waals surface area contributed by atoms with Gasteiger partial charge in [-0.15, -0.1) is 0 Å². The Bertz CT molecular complexity index is 751. The molecular formula is C17H13F3N2O3. The van der Waals surface area contributed by atoms with Crippen LogP contribution in [0.25, 0.3) is 0 Å². The monoisotopic (exact) mass is 350 g/mol. The summed E-state index contributed by atoms with van der Waals surface area (Å²) in [6.45, 7) is 0. The Labute approximate surface area is 141 Å². The van der Waals surface area contributed by atoms with Gasteiger partial charge in [0.1, 0.15) is 0 Å². The van der Waals surface area contributed by atoms with Gasteiger partial charge in [0, 0.05) is 23.9 Å². The van der Waals surface area contributed by atoms with Gasteiger partial charge < -0.3 is 5.11 Å². The van der Waals surface area contributed by atoms with E-state index >= 15 is 0 Å². The number of nitriles is 1. The van der Waals surface area contributed by atoms with E-state index in [9.17, 15) is 18.0 Å². The second kappa shape index (κ2) is 9.17. The summed E-state index contributed by atoms with van der Waals surface area (Å²) in [5.74, 6) is -2.68. The SMILES string of the molecule is N#Cc1ccc(C(=O)CCc2ccccn2)cc1.O=C(O)C(F)(F)F. The van der Waals surface area contributed by atoms with Gasteiger partial charge in [-0.3, -0.25) is 9.78 Å². The molecule has 0 saturated carbocycles. The number of hydrogen-bond acceptors (Lipinski definition) is 4. The second-order valence-corrected chi connectivity index (χ2v) is 4.74. The molecule has 0 amide bonds. The number of ketones is 1. The Morgan fingerprint density at radius 2 is 1.72 bits per heavy atom. The first-order valence-electron chi connectivity index (χ1n) is 6.97. The summed E-state index contributed by atoms with van der Waals surface area (Å²) in [4.78, 5) is 25.0. The van der Waals surface area contributed by atoms with Gasteiger partial charge in [-0.2, -0.15) is 18.4 Å². The molecule has 8 heteroatoms. The highest BCUT2D eigenvalue weighted by atomic mass is 19.4. The Hall–Kier alpha value is -3.21. The zero-order chi connectivity index (χ0) is 18.9. The molecule has 0 unspecified atom stereocenters. The Morgan fingerprint density at radius 3 is 2.16 bits per heavy atom. The summed E-state index contributed by atoms with van der Waals surface area (Å²) in [6, 6.07) is 14.4. The summed E-state index contributed by atoms with van der Waals surface area (Å²) in [7, 11) is 0. The quantitative estimate of drug-likeness (QED) is 0.854. The predicted octanol–water partition coefficient (Wildman–Crippen LogP) is 3.40. The van der Waals surface area contributed by atoms with Crippen molar-refractivity contribution in [2.75, 3.05) is 0 Å². The molecule has 0 aliphatic carbocycles. The van der Waals surface area contributed by atoms with E-state index in [0.717, 1.165) is 5.69 Å². The van der Waals surface area contributed by atoms with Crippen LogP contribution in [-0.4, -0.2) is 28.0 Å². The highest BCUT2D eigenvalue weighted by molar-refractivity contribution is 5.96. The first-order valence-corrected chi connectivity index (χ1v) is 6.97. The van der Waals surface area contributed by atoms with Crippen molar-refractivity contribution in [1.29, 1.82) is 5.26 Å². The molecule has 1 aromatic carbocycles. The maximum atomic E-state index is 11.9. The number of alkyl halides is 3. The molecular weight excluding hydrogens is 337 g/mol. The van der Waals surface area contributed by atoms with Crippen molar-refractivity contribution < 1.29 is 27.9 Å². The number of carboxylic acid groups (broad SMARTS) is 1. The molecule has 5 nitrogen and oxygen atoms in total. The maximum Gasteiger partial charge on any atom is 0.490 e. The third kappa shape index (κ3) is 7.26. The third-order valence-corrected chi connectivity index (χ3v) is 2.91. The van der Waals surface area contributed by atoms with Crippen LogP contribution in [0.1, 0.15) is 28.0 Å². The molecule has 130 valence electrons. The molecule has 25 heavy (non-hydrogen) atoms. The number of aliphatic carboxylic acids is 1. The van der Waals surface area contributed by atoms with E-state index in [0.29, 0.717) is 24.0 Å². The van der Waals surface area contributed by atoms with Gasteiger partial charge in [0.2, 0.25) is 0 Å². The lowest BCUT2D eigenvalue weighted by Gasteiger charge is -2.01. The first-order chi connectivity index (χ1) is 11.7. The number of halogens is 3. The Morgan fingerprint density at radius 1 is 1.12 bits per heavy atom. The number of aromatic nitrogens is 1. The zero-order valence-electron chi connectivity index (χ0n) is 12.8. The van der Waals surface area contributed by atoms with Crippen LogP contribution in [0.4, 0.5) is 13.2 Å². The van der Waals surface area contributed by atoms with E-state index in [1.807, 2.05) is 24.3 Å². The topological polar surface area (TPSA) is 91.0 Å². The fourth-order valence-corrected chi connectivity index (χ4v) is 1.66. The van der Waals surface area contributed by atoms with Crippen LogP contribution < -0.4 is 0 Å². The molecule has 0 saturated heterocycles. The summed E-state index contributed by atoms with van der Waals surface area (Å²) < 4.78 is 31.7. The molecule has 0 aliphatic rings. The first kappa shape index (κ1) is 19.8. The Kier molecular flexibility index (Phi) is 7.28. The fraction of sp³-hybridized carbons (Fsp3) is 0.176. The van der Waals surface area contributed by atoms with E-state index in [2.05, 4.69) is 4.98 Å². The minimum Gasteiger partial charge on any atom is -0.475 e. The standard InChI is InChI=1S/C15H12N2O.C2HF3O2/c16-11-12-4-6-13(7-5-12)15(18)9-8-14-3-1-2-10-17-14;3-2(4,5)1(6)7/h1-7,10H,8-9H2;(H,6,7). The molecule has 1 N–H and O–H groups in total. The molecule has 0 atom stereocenters. The van der Waals surface area contributed by atoms with Gasteiger partial charge in [0.15, 0.2) is 5.78 Å². The fourth-order valence-electron chi connectivity index (χ4n) is 1.66. The molecule has 0 radical (unpaired) electrons. The number of rotatable bonds is 4. The summed E-state index contributed by atoms with van der Waals surface area (Å²) in [5, 5.41) is 15.8. The number of benzene rings is 1. The van der Waals surface area contributed by atoms with E-state index < -0.39 is 12.1 Å². The Balaban J connectivity index is 0.000000381. The molecule has 0 bridgehead atoms. The van der Waals surface area contributed by atoms with Crippen LogP contribution in [0.15, 0.2) is 48.7 Å². The van der Waals surface area contributed by atoms with Gasteiger partial charge in [-0.1, -0.05) is 18.2 Å². The lowest BCUT2D eigenvalue weighted by molar-refractivity contribution is -0.192. The molecule has 2 aromatic rings. The highest BCUT2D eigenvalue weighted by Crippen LogP contribution is 2.13. The molecule has 0 aliphatic heterocycles. The number of hydrogen-bond donors (Lipinski definition) is 1. The number of carbonyl (C=O) groups excluding carboxylic acids is 1. The predicted molar refractivity (Wildman–Crippen MR) is 81.7 cm³/mol. The van der Waals surface area contributed by atoms with Crippen molar-refractivity contribution in [2.24, 2.45) is 0 Å². The van der Waals surface area contributed by atoms with Crippen LogP contribution in [0.3, 0.4) is 0 Å². The van der Waals surface area contributed by atoms with Crippen molar-refractivity contribution in [1.82, 2.24) is 4.98 Å². The van der Waals surface area contributed by atoms with Crippen molar-refractivity contribution in [3.8, 4) is 6.07 Å². The van der Waals surface area contributed by atoms with Crippen molar-refractivity contribution >= 4 is 11.8 Å². The number of pyridine rings is 1. The highest BCUT2D eigenvalue weighted by Gasteiger charge is 2.38. The number of nitrogens with zero attached hydrogens (tertiary/aromatic N) is 2. The lowest BCUT2D eigenvalue weighted by atomic mass is 10.0. The minimum atomic E-state index is -5.08. The van der Waals surface area contributed by atoms with Crippen molar-refractivity contribution in [2.45, 2.75) is 19.0 Å². The van der Waals surface area contributed by atoms with Gasteiger partial charge in [-0.05, 0) is 30.7 Å². The van der Waals surface area contributed by atoms with Gasteiger partial charge in [0.25, 0.3) is 0 Å². The van der Waals surface area contributed by atoms with Crippen LogP contribution in [0, 0.1) is 11.3 Å². The maximum absolute atomic E-state index is 11.9. The van der Waals surface area contributed by atoms with Crippen LogP contribution in [0.5, 0.6) is 0 Å². The van der Waals surface area contributed by atoms with Gasteiger partial charge in [0.05, 0.1) is 11.6 Å². The smallest absolute Gasteiger partial charge is 0.475 e. The molecule has 1 heterocycles. The van der Waals surface area contributed by atoms with E-state index in [4.69, 9.17) is 15.2 Å². The average Bonchev–Trinajstić information content (AvgIpc) is 2.60. The van der Waals surface area contributed by atoms with Crippen molar-refractivity contribution in [3.05, 3.63) is 65.5 Å². The summed E-state index contributed by atoms with van der Waals surface area (Å²) >= 11 is 0. The molecule has 0 spiro atoms. The van der Waals surface area contributed by atoms with Crippen LogP contribution >= 0.6 is 0 Å². The molecule has 2 rings (SSSR count). The average molecular weight is 350 g/mol. The molecule has 0 fully saturated rings. The van der Waals surface area contributed by atoms with E-state index in [-0.39, 0.29) is 5.78 Å². The van der Waals surface area contributed by atoms with Gasteiger partial charge in [-0.25, -0.2) is 4.79 Å². The van der Waals surface area contributed by atoms with Crippen LogP contribution in [0.2, 0.25) is 0 Å². The van der Waals surface area contributed by atoms with Crippen molar-refractivity contribution in [3.63, 3.8) is 0 Å². The van der Waals surface area contributed by atoms with E-state index in [1.54, 1.807) is 30.5 Å².